The molecule has 0 aliphatic rings. The number of thiophene rings is 2. The van der Waals surface area contributed by atoms with Crippen molar-refractivity contribution in [2.75, 3.05) is 0 Å². The molecule has 13 heteroatoms. The van der Waals surface area contributed by atoms with Crippen LogP contribution >= 0.6 is 34.3 Å². The normalized spacial score (nSPS) is 12.2. The molecule has 14 aromatic carbocycles. The van der Waals surface area contributed by atoms with Crippen LogP contribution in [0.4, 0.5) is 0 Å². The molecule has 0 saturated carbocycles. The molecule has 0 amide bonds. The number of hydrogen-bond acceptors (Lipinski definition) is 10. The number of aromatic amines is 1. The molecule has 0 saturated heterocycles. The number of benzene rings is 14. The van der Waals surface area contributed by atoms with E-state index < -0.39 is 0 Å². The smallest absolute Gasteiger partial charge is 0.238 e. The van der Waals surface area contributed by atoms with Crippen molar-refractivity contribution in [1.29, 1.82) is 0 Å². The zero-order chi connectivity index (χ0) is 66.1. The van der Waals surface area contributed by atoms with Crippen LogP contribution in [0.5, 0.6) is 0 Å². The van der Waals surface area contributed by atoms with Crippen LogP contribution in [0.2, 0.25) is 5.28 Å². The van der Waals surface area contributed by atoms with Crippen molar-refractivity contribution >= 4 is 228 Å². The first-order chi connectivity index (χ1) is 50.0. The van der Waals surface area contributed by atoms with E-state index in [0.717, 1.165) is 116 Å². The molecule has 472 valence electrons. The number of nitrogens with zero attached hydrogens (tertiary/aromatic N) is 5. The van der Waals surface area contributed by atoms with Crippen molar-refractivity contribution in [2.24, 2.45) is 0 Å². The number of fused-ring (bicyclic) bond motifs is 32. The summed E-state index contributed by atoms with van der Waals surface area (Å²) in [6.07, 6.45) is 0. The van der Waals surface area contributed by atoms with Gasteiger partial charge in [0.25, 0.3) is 0 Å². The molecule has 10 aromatic heterocycles. The van der Waals surface area contributed by atoms with Gasteiger partial charge in [0, 0.05) is 122 Å². The minimum Gasteiger partial charge on any atom is -0.456 e. The van der Waals surface area contributed by atoms with Gasteiger partial charge in [0.1, 0.15) is 33.5 Å². The number of rotatable bonds is 3. The highest BCUT2D eigenvalue weighted by Crippen LogP contribution is 2.50. The summed E-state index contributed by atoms with van der Waals surface area (Å²) in [6.45, 7) is 0. The second kappa shape index (κ2) is 21.6. The molecule has 0 atom stereocenters. The molecule has 10 heterocycles. The summed E-state index contributed by atoms with van der Waals surface area (Å²) in [5.41, 5.74) is 14.1. The molecular formula is C88H47ClN6O4S2. The minimum atomic E-state index is 0.161. The molecule has 0 bridgehead atoms. The van der Waals surface area contributed by atoms with E-state index in [0.29, 0.717) is 17.4 Å². The van der Waals surface area contributed by atoms with E-state index in [2.05, 4.69) is 208 Å². The van der Waals surface area contributed by atoms with Gasteiger partial charge < -0.3 is 22.7 Å². The lowest BCUT2D eigenvalue weighted by Crippen LogP contribution is -2.03. The molecule has 24 aromatic rings. The van der Waals surface area contributed by atoms with Gasteiger partial charge >= 0.3 is 0 Å². The van der Waals surface area contributed by atoms with Gasteiger partial charge in [-0.3, -0.25) is 4.57 Å². The van der Waals surface area contributed by atoms with E-state index in [4.69, 9.17) is 39.2 Å². The number of halogens is 1. The van der Waals surface area contributed by atoms with Crippen LogP contribution < -0.4 is 0 Å². The van der Waals surface area contributed by atoms with E-state index in [1.54, 1.807) is 0 Å². The lowest BCUT2D eigenvalue weighted by atomic mass is 10.00. The van der Waals surface area contributed by atoms with E-state index in [1.165, 1.54) is 89.1 Å². The Morgan fingerprint density at radius 3 is 1.33 bits per heavy atom. The highest BCUT2D eigenvalue weighted by atomic mass is 35.5. The van der Waals surface area contributed by atoms with E-state index >= 15 is 0 Å². The van der Waals surface area contributed by atoms with Gasteiger partial charge in [-0.1, -0.05) is 194 Å². The quantitative estimate of drug-likeness (QED) is 0.173. The fourth-order valence-electron chi connectivity index (χ4n) is 15.8. The molecule has 101 heavy (non-hydrogen) atoms. The Balaban J connectivity index is 0.000000106. The third kappa shape index (κ3) is 8.38. The lowest BCUT2D eigenvalue weighted by molar-refractivity contribution is 0.651. The van der Waals surface area contributed by atoms with Crippen molar-refractivity contribution in [3.8, 4) is 28.5 Å². The lowest BCUT2D eigenvalue weighted by Gasteiger charge is -2.11. The molecule has 24 rings (SSSR count). The summed E-state index contributed by atoms with van der Waals surface area (Å²) >= 11 is 9.95. The maximum Gasteiger partial charge on any atom is 0.238 e. The number of hydrogen-bond donors (Lipinski definition) is 1. The molecule has 10 nitrogen and oxygen atoms in total. The Morgan fingerprint density at radius 2 is 0.733 bits per heavy atom. The molecule has 0 radical (unpaired) electrons. The van der Waals surface area contributed by atoms with Crippen molar-refractivity contribution in [3.05, 3.63) is 284 Å². The topological polar surface area (TPSA) is 125 Å². The van der Waals surface area contributed by atoms with E-state index in [9.17, 15) is 0 Å². The van der Waals surface area contributed by atoms with Crippen molar-refractivity contribution in [1.82, 2.24) is 29.5 Å². The Hall–Kier alpha value is -12.7. The molecule has 0 unspecified atom stereocenters. The number of H-pyrrole nitrogens is 1. The van der Waals surface area contributed by atoms with Gasteiger partial charge in [0.15, 0.2) is 0 Å². The van der Waals surface area contributed by atoms with Gasteiger partial charge in [-0.05, 0) is 107 Å². The zero-order valence-electron chi connectivity index (χ0n) is 53.1. The van der Waals surface area contributed by atoms with Gasteiger partial charge in [-0.25, -0.2) is 9.97 Å². The van der Waals surface area contributed by atoms with Crippen molar-refractivity contribution in [2.45, 2.75) is 0 Å². The summed E-state index contributed by atoms with van der Waals surface area (Å²) in [5.74, 6) is 0.570. The number of para-hydroxylation sites is 6. The van der Waals surface area contributed by atoms with Crippen LogP contribution in [0, 0.1) is 0 Å². The van der Waals surface area contributed by atoms with E-state index in [-0.39, 0.29) is 5.28 Å². The minimum absolute atomic E-state index is 0.161. The predicted octanol–water partition coefficient (Wildman–Crippen LogP) is 26.0. The Kier molecular flexibility index (Phi) is 12.1. The molecular weight excluding hydrogens is 1300 g/mol. The Labute approximate surface area is 583 Å². The summed E-state index contributed by atoms with van der Waals surface area (Å²) < 4.78 is 32.1. The average Bonchev–Trinajstić information content (AvgIpc) is 1.54. The fourth-order valence-corrected chi connectivity index (χ4v) is 18.5. The van der Waals surface area contributed by atoms with Crippen LogP contribution in [0.3, 0.4) is 0 Å². The third-order valence-electron chi connectivity index (χ3n) is 20.1. The number of nitrogens with one attached hydrogen (secondary N) is 1. The maximum absolute atomic E-state index is 6.54. The Morgan fingerprint density at radius 1 is 0.307 bits per heavy atom. The first kappa shape index (κ1) is 56.3. The standard InChI is InChI=1S/C44H23N3O2S.C22H11ClN2O2.C22H13NS/c1-2-13-27-26(12-1)37-30-16-6-10-20-36(30)50-42(37)39-28-14-3-7-17-32(28)47(41(27)39)44-45-40(38-29-15-5-9-19-34(29)49-43(38)46-44)24-21-22-35-31(23-24)25-11-4-8-18-33(25)48-35;23-22-24-20(19-14-6-2-4-8-17(14)27-21(19)25-22)12-9-10-18-15(11-12)13-5-1-3-7-16(13)26-18;1-2-8-14-13(7-1)19-16-10-4-6-12-18(16)24-22(19)20-15-9-3-5-11-17(15)23-21(14)20/h1-23H;1-11H;1-12,23H. The van der Waals surface area contributed by atoms with Gasteiger partial charge in [0.2, 0.25) is 22.7 Å². The third-order valence-corrected chi connectivity index (χ3v) is 22.6. The summed E-state index contributed by atoms with van der Waals surface area (Å²) in [4.78, 5) is 23.2. The first-order valence-corrected chi connectivity index (χ1v) is 35.4. The van der Waals surface area contributed by atoms with Crippen LogP contribution in [-0.4, -0.2) is 29.5 Å². The molecule has 0 aliphatic heterocycles. The van der Waals surface area contributed by atoms with Crippen molar-refractivity contribution < 1.29 is 17.7 Å². The maximum atomic E-state index is 6.54. The highest BCUT2D eigenvalue weighted by Gasteiger charge is 2.27. The predicted molar refractivity (Wildman–Crippen MR) is 420 cm³/mol. The summed E-state index contributed by atoms with van der Waals surface area (Å²) in [6, 6.07) is 96.8. The Bertz CT molecular complexity index is 7650. The second-order valence-electron chi connectivity index (χ2n) is 25.6. The highest BCUT2D eigenvalue weighted by molar-refractivity contribution is 7.27. The first-order valence-electron chi connectivity index (χ1n) is 33.3. The molecule has 1 N–H and O–H groups in total. The monoisotopic (exact) mass is 1350 g/mol. The fraction of sp³-hybridized carbons (Fsp3) is 0. The van der Waals surface area contributed by atoms with Gasteiger partial charge in [-0.2, -0.15) is 9.97 Å². The average molecular weight is 1350 g/mol. The summed E-state index contributed by atoms with van der Waals surface area (Å²) in [7, 11) is 0. The van der Waals surface area contributed by atoms with Crippen LogP contribution in [0.15, 0.2) is 297 Å². The van der Waals surface area contributed by atoms with Crippen molar-refractivity contribution in [3.63, 3.8) is 0 Å². The zero-order valence-corrected chi connectivity index (χ0v) is 55.5. The largest absolute Gasteiger partial charge is 0.456 e. The van der Waals surface area contributed by atoms with Crippen LogP contribution in [-0.2, 0) is 0 Å². The molecule has 0 aliphatic carbocycles. The number of aromatic nitrogens is 6. The van der Waals surface area contributed by atoms with Gasteiger partial charge in [0.05, 0.1) is 38.7 Å². The molecule has 0 spiro atoms. The van der Waals surface area contributed by atoms with Gasteiger partial charge in [-0.15, -0.1) is 22.7 Å². The SMILES string of the molecule is Clc1nc(-c2ccc3oc4ccccc4c3c2)c2c(n1)oc1ccccc12.c1ccc2c(c1)[nH]c1c3ccccc3c3c4ccccc4sc3c21.c1ccc2c(c1)oc1ccc(-c3nc(-n4c5ccccc5c5c6sc7ccccc7c6c6ccccc6c54)nc4oc5ccccc5c34)cc12. The second-order valence-corrected chi connectivity index (χ2v) is 28.0. The van der Waals surface area contributed by atoms with Crippen LogP contribution in [0.1, 0.15) is 0 Å². The van der Waals surface area contributed by atoms with E-state index in [1.807, 2.05) is 114 Å². The van der Waals surface area contributed by atoms with Crippen LogP contribution in [0.25, 0.3) is 222 Å². The number of furan rings is 4. The summed E-state index contributed by atoms with van der Waals surface area (Å²) in [5, 5.41) is 23.5. The molecule has 0 fully saturated rings.